The van der Waals surface area contributed by atoms with Crippen molar-refractivity contribution in [3.05, 3.63) is 44.6 Å². The Labute approximate surface area is 177 Å². The molecule has 3 aromatic heterocycles. The lowest BCUT2D eigenvalue weighted by Gasteiger charge is -2.22. The van der Waals surface area contributed by atoms with E-state index in [1.54, 1.807) is 12.3 Å². The smallest absolute Gasteiger partial charge is 0.259 e. The third-order valence-corrected chi connectivity index (χ3v) is 7.44. The molecule has 0 unspecified atom stereocenters. The molecule has 6 nitrogen and oxygen atoms in total. The van der Waals surface area contributed by atoms with Crippen molar-refractivity contribution in [2.75, 3.05) is 5.32 Å². The number of carbonyl (C=O) groups excluding carboxylic acids is 1. The first-order chi connectivity index (χ1) is 13.9. The molecule has 1 aliphatic carbocycles. The maximum atomic E-state index is 12.7. The summed E-state index contributed by atoms with van der Waals surface area (Å²) in [5.74, 6) is 0.143. The number of hydrogen-bond donors (Lipinski definition) is 2. The maximum absolute atomic E-state index is 12.7. The highest BCUT2D eigenvalue weighted by Crippen LogP contribution is 2.34. The summed E-state index contributed by atoms with van der Waals surface area (Å²) < 4.78 is 2.28. The van der Waals surface area contributed by atoms with E-state index >= 15 is 0 Å². The molecule has 0 aliphatic heterocycles. The van der Waals surface area contributed by atoms with Gasteiger partial charge in [-0.05, 0) is 49.6 Å². The molecular weight excluding hydrogens is 406 g/mol. The second-order valence-corrected chi connectivity index (χ2v) is 9.99. The quantitative estimate of drug-likeness (QED) is 0.622. The van der Waals surface area contributed by atoms with Crippen LogP contribution in [0.4, 0.5) is 5.13 Å². The fourth-order valence-corrected chi connectivity index (χ4v) is 5.81. The van der Waals surface area contributed by atoms with Crippen LogP contribution in [0.1, 0.15) is 43.7 Å². The van der Waals surface area contributed by atoms with Crippen molar-refractivity contribution < 1.29 is 9.90 Å². The SMILES string of the molecule is CCC[C@@H]1CCc2nc(NC(=O)[C@](C)(O)Cn3ccc4sccc4c3=O)sc2C1. The Hall–Kier alpha value is -2.03. The number of thiophene rings is 1. The topological polar surface area (TPSA) is 84.2 Å². The van der Waals surface area contributed by atoms with Crippen LogP contribution in [0.3, 0.4) is 0 Å². The average Bonchev–Trinajstić information content (AvgIpc) is 3.30. The summed E-state index contributed by atoms with van der Waals surface area (Å²) in [5, 5.41) is 16.5. The lowest BCUT2D eigenvalue weighted by molar-refractivity contribution is -0.133. The molecule has 2 N–H and O–H groups in total. The zero-order chi connectivity index (χ0) is 20.6. The highest BCUT2D eigenvalue weighted by Gasteiger charge is 2.33. The van der Waals surface area contributed by atoms with Crippen molar-refractivity contribution in [1.29, 1.82) is 0 Å². The number of amides is 1. The van der Waals surface area contributed by atoms with Gasteiger partial charge in [0.05, 0.1) is 17.6 Å². The number of nitrogens with zero attached hydrogens (tertiary/aromatic N) is 2. The van der Waals surface area contributed by atoms with Crippen LogP contribution in [0.15, 0.2) is 28.5 Å². The van der Waals surface area contributed by atoms with Gasteiger partial charge in [-0.3, -0.25) is 14.9 Å². The molecular formula is C21H25N3O3S2. The van der Waals surface area contributed by atoms with Crippen molar-refractivity contribution in [2.45, 2.75) is 58.1 Å². The van der Waals surface area contributed by atoms with Gasteiger partial charge in [0.15, 0.2) is 10.7 Å². The molecule has 154 valence electrons. The van der Waals surface area contributed by atoms with E-state index < -0.39 is 11.5 Å². The van der Waals surface area contributed by atoms with Crippen molar-refractivity contribution >= 4 is 43.8 Å². The van der Waals surface area contributed by atoms with Crippen LogP contribution in [-0.2, 0) is 24.2 Å². The molecule has 3 heterocycles. The minimum Gasteiger partial charge on any atom is -0.378 e. The third kappa shape index (κ3) is 4.15. The van der Waals surface area contributed by atoms with Gasteiger partial charge in [-0.1, -0.05) is 19.8 Å². The maximum Gasteiger partial charge on any atom is 0.259 e. The molecule has 0 bridgehead atoms. The second-order valence-electron chi connectivity index (χ2n) is 7.96. The zero-order valence-corrected chi connectivity index (χ0v) is 18.2. The predicted molar refractivity (Wildman–Crippen MR) is 118 cm³/mol. The van der Waals surface area contributed by atoms with Crippen LogP contribution in [0.25, 0.3) is 10.1 Å². The first kappa shape index (κ1) is 20.3. The Morgan fingerprint density at radius 3 is 3.07 bits per heavy atom. The number of nitrogens with one attached hydrogen (secondary N) is 1. The number of aryl methyl sites for hydroxylation is 1. The van der Waals surface area contributed by atoms with Gasteiger partial charge in [0, 0.05) is 15.8 Å². The molecule has 4 rings (SSSR count). The van der Waals surface area contributed by atoms with Crippen LogP contribution in [0.2, 0.25) is 0 Å². The van der Waals surface area contributed by atoms with Gasteiger partial charge >= 0.3 is 0 Å². The molecule has 0 fully saturated rings. The number of aromatic nitrogens is 2. The number of aliphatic hydroxyl groups is 1. The Morgan fingerprint density at radius 1 is 1.45 bits per heavy atom. The number of rotatable bonds is 6. The first-order valence-corrected chi connectivity index (χ1v) is 11.7. The highest BCUT2D eigenvalue weighted by molar-refractivity contribution is 7.17. The number of thiazole rings is 1. The fourth-order valence-electron chi connectivity index (χ4n) is 3.92. The van der Waals surface area contributed by atoms with Gasteiger partial charge in [-0.15, -0.1) is 22.7 Å². The van der Waals surface area contributed by atoms with Crippen molar-refractivity contribution in [2.24, 2.45) is 5.92 Å². The van der Waals surface area contributed by atoms with Crippen LogP contribution in [-0.4, -0.2) is 26.2 Å². The van der Waals surface area contributed by atoms with E-state index in [9.17, 15) is 14.7 Å². The summed E-state index contributed by atoms with van der Waals surface area (Å²) in [6, 6.07) is 3.59. The van der Waals surface area contributed by atoms with Gasteiger partial charge in [-0.2, -0.15) is 0 Å². The summed E-state index contributed by atoms with van der Waals surface area (Å²) in [6.07, 6.45) is 7.13. The van der Waals surface area contributed by atoms with Crippen molar-refractivity contribution in [3.8, 4) is 0 Å². The Kier molecular flexibility index (Phi) is 5.59. The fraction of sp³-hybridized carbons (Fsp3) is 0.476. The number of hydrogen-bond acceptors (Lipinski definition) is 6. The van der Waals surface area contributed by atoms with E-state index in [1.165, 1.54) is 51.9 Å². The Morgan fingerprint density at radius 2 is 2.28 bits per heavy atom. The third-order valence-electron chi connectivity index (χ3n) is 5.52. The largest absolute Gasteiger partial charge is 0.378 e. The predicted octanol–water partition coefficient (Wildman–Crippen LogP) is 3.81. The van der Waals surface area contributed by atoms with Crippen LogP contribution >= 0.6 is 22.7 Å². The van der Waals surface area contributed by atoms with Gasteiger partial charge in [0.25, 0.3) is 11.5 Å². The van der Waals surface area contributed by atoms with E-state index in [-0.39, 0.29) is 12.1 Å². The van der Waals surface area contributed by atoms with Gasteiger partial charge < -0.3 is 9.67 Å². The van der Waals surface area contributed by atoms with Crippen LogP contribution in [0, 0.1) is 5.92 Å². The van der Waals surface area contributed by atoms with E-state index in [0.29, 0.717) is 16.4 Å². The molecule has 2 atom stereocenters. The minimum absolute atomic E-state index is 0.118. The lowest BCUT2D eigenvalue weighted by atomic mass is 9.88. The van der Waals surface area contributed by atoms with Crippen molar-refractivity contribution in [1.82, 2.24) is 9.55 Å². The number of fused-ring (bicyclic) bond motifs is 2. The monoisotopic (exact) mass is 431 g/mol. The molecule has 0 aromatic carbocycles. The molecule has 0 saturated carbocycles. The summed E-state index contributed by atoms with van der Waals surface area (Å²) in [4.78, 5) is 31.1. The van der Waals surface area contributed by atoms with Gasteiger partial charge in [-0.25, -0.2) is 4.98 Å². The molecule has 0 spiro atoms. The average molecular weight is 432 g/mol. The molecule has 1 aliphatic rings. The molecule has 8 heteroatoms. The second kappa shape index (κ2) is 8.01. The summed E-state index contributed by atoms with van der Waals surface area (Å²) in [7, 11) is 0. The normalized spacial score (nSPS) is 18.4. The van der Waals surface area contributed by atoms with E-state index in [2.05, 4.69) is 17.2 Å². The minimum atomic E-state index is -1.73. The number of carbonyl (C=O) groups is 1. The van der Waals surface area contributed by atoms with E-state index in [1.807, 2.05) is 11.4 Å². The first-order valence-electron chi connectivity index (χ1n) is 9.96. The van der Waals surface area contributed by atoms with Crippen molar-refractivity contribution in [3.63, 3.8) is 0 Å². The number of anilines is 1. The zero-order valence-electron chi connectivity index (χ0n) is 16.6. The van der Waals surface area contributed by atoms with E-state index in [4.69, 9.17) is 0 Å². The van der Waals surface area contributed by atoms with E-state index in [0.717, 1.165) is 29.7 Å². The Balaban J connectivity index is 1.47. The van der Waals surface area contributed by atoms with Gasteiger partial charge in [0.2, 0.25) is 0 Å². The molecule has 0 saturated heterocycles. The molecule has 0 radical (unpaired) electrons. The summed E-state index contributed by atoms with van der Waals surface area (Å²) in [5.41, 5.74) is -0.871. The lowest BCUT2D eigenvalue weighted by Crippen LogP contribution is -2.45. The van der Waals surface area contributed by atoms with Crippen LogP contribution < -0.4 is 10.9 Å². The Bertz CT molecular complexity index is 1100. The molecule has 3 aromatic rings. The van der Waals surface area contributed by atoms with Crippen LogP contribution in [0.5, 0.6) is 0 Å². The number of pyridine rings is 1. The van der Waals surface area contributed by atoms with Gasteiger partial charge in [0.1, 0.15) is 0 Å². The summed E-state index contributed by atoms with van der Waals surface area (Å²) in [6.45, 7) is 3.52. The highest BCUT2D eigenvalue weighted by atomic mass is 32.1. The summed E-state index contributed by atoms with van der Waals surface area (Å²) >= 11 is 2.99. The standard InChI is InChI=1S/C21H25N3O3S2/c1-3-4-13-5-6-15-17(11-13)29-20(22-15)23-19(26)21(2,27)12-24-9-7-16-14(18(24)25)8-10-28-16/h7-10,13,27H,3-6,11-12H2,1-2H3,(H,22,23,26)/t13-,21-/m1/s1. The molecule has 1 amide bonds. The molecule has 29 heavy (non-hydrogen) atoms.